The molecule has 1 aliphatic rings. The third-order valence-corrected chi connectivity index (χ3v) is 7.50. The van der Waals surface area contributed by atoms with Crippen molar-refractivity contribution < 1.29 is 0 Å². The van der Waals surface area contributed by atoms with Gasteiger partial charge in [0.25, 0.3) is 0 Å². The zero-order valence-corrected chi connectivity index (χ0v) is 21.8. The molecule has 0 fully saturated rings. The maximum absolute atomic E-state index is 5.03. The minimum atomic E-state index is 0.323. The van der Waals surface area contributed by atoms with E-state index in [1.165, 1.54) is 9.75 Å². The molecule has 1 aliphatic heterocycles. The second-order valence-electron chi connectivity index (χ2n) is 9.46. The standard InChI is InChI=1S/C29H27N7S/c1-16(2)18(4)32-20-11-19(9-10-30-13-20)23-6-7-24-28(34-23)29(36-35-24)25-12-21-22(14-31-15-26(21)33-25)27-8-5-17(3)37-27/h5-9,11-16,32-33H,4,10H2,1-3H3,(H,35,36). The van der Waals surface area contributed by atoms with E-state index in [1.807, 2.05) is 30.7 Å². The summed E-state index contributed by atoms with van der Waals surface area (Å²) >= 11 is 1.77. The van der Waals surface area contributed by atoms with Crippen LogP contribution in [0, 0.1) is 12.8 Å². The molecule has 0 bridgehead atoms. The molecule has 0 radical (unpaired) electrons. The van der Waals surface area contributed by atoms with E-state index >= 15 is 0 Å². The molecule has 0 spiro atoms. The van der Waals surface area contributed by atoms with Gasteiger partial charge in [0.05, 0.1) is 40.9 Å². The molecule has 3 N–H and O–H groups in total. The van der Waals surface area contributed by atoms with Crippen molar-refractivity contribution in [1.82, 2.24) is 30.5 Å². The highest BCUT2D eigenvalue weighted by Crippen LogP contribution is 2.36. The van der Waals surface area contributed by atoms with Crippen LogP contribution in [0.1, 0.15) is 24.4 Å². The van der Waals surface area contributed by atoms with Crippen molar-refractivity contribution in [2.24, 2.45) is 10.9 Å². The van der Waals surface area contributed by atoms with E-state index in [2.05, 4.69) is 88.2 Å². The van der Waals surface area contributed by atoms with Gasteiger partial charge >= 0.3 is 0 Å². The molecule has 5 aromatic rings. The van der Waals surface area contributed by atoms with Crippen LogP contribution in [-0.4, -0.2) is 37.9 Å². The second-order valence-corrected chi connectivity index (χ2v) is 10.8. The number of allylic oxidation sites excluding steroid dienone is 4. The normalized spacial score (nSPS) is 13.7. The van der Waals surface area contributed by atoms with Crippen LogP contribution in [0.3, 0.4) is 0 Å². The fraction of sp³-hybridized carbons (Fsp3) is 0.172. The van der Waals surface area contributed by atoms with E-state index in [4.69, 9.17) is 4.98 Å². The van der Waals surface area contributed by atoms with Gasteiger partial charge in [0.15, 0.2) is 0 Å². The van der Waals surface area contributed by atoms with Crippen molar-refractivity contribution in [2.75, 3.05) is 6.54 Å². The number of aliphatic imine (C=N–C) groups is 1. The van der Waals surface area contributed by atoms with Crippen LogP contribution in [0.5, 0.6) is 0 Å². The Balaban J connectivity index is 1.40. The lowest BCUT2D eigenvalue weighted by molar-refractivity contribution is 0.713. The number of hydrogen-bond acceptors (Lipinski definition) is 6. The average molecular weight is 506 g/mol. The predicted molar refractivity (Wildman–Crippen MR) is 154 cm³/mol. The van der Waals surface area contributed by atoms with Crippen molar-refractivity contribution in [3.05, 3.63) is 83.4 Å². The van der Waals surface area contributed by atoms with Crippen molar-refractivity contribution in [2.45, 2.75) is 20.8 Å². The third-order valence-electron chi connectivity index (χ3n) is 6.47. The molecule has 0 saturated carbocycles. The molecule has 0 aromatic carbocycles. The summed E-state index contributed by atoms with van der Waals surface area (Å²) in [5, 5.41) is 12.3. The number of H-pyrrole nitrogens is 2. The average Bonchev–Trinajstić information content (AvgIpc) is 3.58. The van der Waals surface area contributed by atoms with Gasteiger partial charge in [-0.15, -0.1) is 11.3 Å². The quantitative estimate of drug-likeness (QED) is 0.241. The van der Waals surface area contributed by atoms with E-state index in [0.717, 1.165) is 61.5 Å². The molecule has 0 unspecified atom stereocenters. The molecule has 184 valence electrons. The van der Waals surface area contributed by atoms with Gasteiger partial charge in [-0.05, 0) is 49.2 Å². The Morgan fingerprint density at radius 2 is 2.03 bits per heavy atom. The highest BCUT2D eigenvalue weighted by molar-refractivity contribution is 7.15. The number of rotatable bonds is 6. The van der Waals surface area contributed by atoms with Crippen LogP contribution >= 0.6 is 11.3 Å². The largest absolute Gasteiger partial charge is 0.358 e. The molecule has 0 atom stereocenters. The topological polar surface area (TPSA) is 94.6 Å². The van der Waals surface area contributed by atoms with Crippen molar-refractivity contribution in [3.63, 3.8) is 0 Å². The summed E-state index contributed by atoms with van der Waals surface area (Å²) in [5.74, 6) is 0.323. The van der Waals surface area contributed by atoms with Gasteiger partial charge in [0.2, 0.25) is 0 Å². The molecule has 0 saturated heterocycles. The molecule has 7 nitrogen and oxygen atoms in total. The first-order valence-corrected chi connectivity index (χ1v) is 13.0. The zero-order valence-electron chi connectivity index (χ0n) is 21.0. The Morgan fingerprint density at radius 1 is 1.14 bits per heavy atom. The number of nitrogens with zero attached hydrogens (tertiary/aromatic N) is 4. The molecular weight excluding hydrogens is 478 g/mol. The highest BCUT2D eigenvalue weighted by atomic mass is 32.1. The Kier molecular flexibility index (Phi) is 5.81. The van der Waals surface area contributed by atoms with E-state index in [1.54, 1.807) is 11.3 Å². The molecule has 37 heavy (non-hydrogen) atoms. The number of aromatic amines is 2. The van der Waals surface area contributed by atoms with Crippen molar-refractivity contribution in [1.29, 1.82) is 0 Å². The smallest absolute Gasteiger partial charge is 0.135 e. The summed E-state index contributed by atoms with van der Waals surface area (Å²) in [6, 6.07) is 10.5. The van der Waals surface area contributed by atoms with Gasteiger partial charge in [0.1, 0.15) is 11.2 Å². The number of pyridine rings is 2. The number of hydrogen-bond donors (Lipinski definition) is 3. The lowest BCUT2D eigenvalue weighted by Gasteiger charge is -2.13. The summed E-state index contributed by atoms with van der Waals surface area (Å²) in [4.78, 5) is 20.0. The predicted octanol–water partition coefficient (Wildman–Crippen LogP) is 6.65. The maximum atomic E-state index is 5.03. The number of fused-ring (bicyclic) bond motifs is 2. The van der Waals surface area contributed by atoms with Gasteiger partial charge in [-0.3, -0.25) is 15.1 Å². The summed E-state index contributed by atoms with van der Waals surface area (Å²) < 4.78 is 0. The van der Waals surface area contributed by atoms with E-state index in [-0.39, 0.29) is 0 Å². The van der Waals surface area contributed by atoms with Gasteiger partial charge in [0, 0.05) is 44.4 Å². The number of aromatic nitrogens is 5. The van der Waals surface area contributed by atoms with Crippen LogP contribution in [0.2, 0.25) is 0 Å². The van der Waals surface area contributed by atoms with Gasteiger partial charge in [-0.2, -0.15) is 5.10 Å². The van der Waals surface area contributed by atoms with Crippen LogP contribution < -0.4 is 5.32 Å². The van der Waals surface area contributed by atoms with E-state index in [9.17, 15) is 0 Å². The zero-order chi connectivity index (χ0) is 25.5. The van der Waals surface area contributed by atoms with Crippen LogP contribution in [-0.2, 0) is 0 Å². The number of aryl methyl sites for hydroxylation is 1. The Morgan fingerprint density at radius 3 is 2.84 bits per heavy atom. The van der Waals surface area contributed by atoms with E-state index < -0.39 is 0 Å². The summed E-state index contributed by atoms with van der Waals surface area (Å²) in [6.07, 6.45) is 9.79. The highest BCUT2D eigenvalue weighted by Gasteiger charge is 2.17. The fourth-order valence-electron chi connectivity index (χ4n) is 4.34. The molecule has 0 aliphatic carbocycles. The van der Waals surface area contributed by atoms with Crippen molar-refractivity contribution in [3.8, 4) is 21.8 Å². The lowest BCUT2D eigenvalue weighted by Crippen LogP contribution is -2.16. The van der Waals surface area contributed by atoms with E-state index in [0.29, 0.717) is 12.5 Å². The Bertz CT molecular complexity index is 1740. The van der Waals surface area contributed by atoms with Crippen LogP contribution in [0.4, 0.5) is 0 Å². The SMILES string of the molecule is C=C(NC1=CC(c2ccc3[nH]nc(-c4cc5c(-c6ccc(C)s6)cncc5[nH]4)c3n2)=CCN=C1)C(C)C. The van der Waals surface area contributed by atoms with Crippen molar-refractivity contribution >= 4 is 45.1 Å². The summed E-state index contributed by atoms with van der Waals surface area (Å²) in [5.41, 5.74) is 9.17. The lowest BCUT2D eigenvalue weighted by atomic mass is 10.1. The molecule has 6 heterocycles. The molecule has 8 heteroatoms. The Hall–Kier alpha value is -4.30. The third kappa shape index (κ3) is 4.40. The first-order chi connectivity index (χ1) is 18.0. The minimum absolute atomic E-state index is 0.323. The molecular formula is C29H27N7S. The maximum Gasteiger partial charge on any atom is 0.135 e. The fourth-order valence-corrected chi connectivity index (χ4v) is 5.24. The first-order valence-electron chi connectivity index (χ1n) is 12.2. The molecule has 0 amide bonds. The van der Waals surface area contributed by atoms with Gasteiger partial charge in [-0.1, -0.05) is 26.5 Å². The first kappa shape index (κ1) is 23.1. The monoisotopic (exact) mass is 505 g/mol. The van der Waals surface area contributed by atoms with Gasteiger partial charge in [-0.25, -0.2) is 4.98 Å². The second kappa shape index (κ2) is 9.29. The molecule has 6 rings (SSSR count). The van der Waals surface area contributed by atoms with Gasteiger partial charge < -0.3 is 10.3 Å². The van der Waals surface area contributed by atoms with Crippen LogP contribution in [0.15, 0.2) is 77.8 Å². The molecule has 5 aromatic heterocycles. The number of nitrogens with one attached hydrogen (secondary N) is 3. The van der Waals surface area contributed by atoms with Crippen LogP contribution in [0.25, 0.3) is 49.3 Å². The minimum Gasteiger partial charge on any atom is -0.358 e. The Labute approximate surface area is 218 Å². The summed E-state index contributed by atoms with van der Waals surface area (Å²) in [7, 11) is 0. The number of thiophene rings is 1. The summed E-state index contributed by atoms with van der Waals surface area (Å²) in [6.45, 7) is 11.1.